The smallest absolute Gasteiger partial charge is 0.0754 e. The highest BCUT2D eigenvalue weighted by atomic mass is 15.0. The van der Waals surface area contributed by atoms with Crippen LogP contribution >= 0.6 is 0 Å². The summed E-state index contributed by atoms with van der Waals surface area (Å²) >= 11 is 0. The van der Waals surface area contributed by atoms with Crippen molar-refractivity contribution in [3.05, 3.63) is 161 Å². The second-order valence-electron chi connectivity index (χ2n) is 10.9. The summed E-state index contributed by atoms with van der Waals surface area (Å²) in [7, 11) is 0. The van der Waals surface area contributed by atoms with Crippen LogP contribution in [0.15, 0.2) is 133 Å². The number of fused-ring (bicyclic) bond motifs is 12. The lowest BCUT2D eigenvalue weighted by Gasteiger charge is -2.39. The maximum absolute atomic E-state index is 2.51. The van der Waals surface area contributed by atoms with Crippen LogP contribution in [-0.2, 0) is 5.41 Å². The Bertz CT molecular complexity index is 2140. The number of nitrogens with zero attached hydrogens (tertiary/aromatic N) is 1. The molecular weight excluding hydrogens is 470 g/mol. The number of benzene rings is 6. The molecule has 0 N–H and O–H groups in total. The highest BCUT2D eigenvalue weighted by Crippen LogP contribution is 2.61. The van der Waals surface area contributed by atoms with E-state index in [1.807, 2.05) is 0 Å². The van der Waals surface area contributed by atoms with Gasteiger partial charge in [0.25, 0.3) is 0 Å². The van der Waals surface area contributed by atoms with E-state index in [9.17, 15) is 0 Å². The molecule has 0 saturated heterocycles. The van der Waals surface area contributed by atoms with Gasteiger partial charge in [-0.1, -0.05) is 115 Å². The Morgan fingerprint density at radius 1 is 0.487 bits per heavy atom. The van der Waals surface area contributed by atoms with Gasteiger partial charge in [0.2, 0.25) is 0 Å². The molecule has 1 aromatic heterocycles. The Hall–Kier alpha value is -4.88. The molecule has 39 heavy (non-hydrogen) atoms. The molecule has 6 aromatic carbocycles. The minimum atomic E-state index is -0.398. The standard InChI is InChI=1S/C38H25N/c1-24-11-2-3-12-26(24)25-21-22-28-27-13-4-6-16-31(27)38(34(28)23-25)32-17-7-9-20-36(32)39-35-19-8-5-14-29(35)30-15-10-18-33(38)37(30)39/h2-23H,1H3. The van der Waals surface area contributed by atoms with Crippen LogP contribution < -0.4 is 0 Å². The molecular formula is C38H25N. The minimum Gasteiger partial charge on any atom is -0.309 e. The zero-order valence-electron chi connectivity index (χ0n) is 21.6. The van der Waals surface area contributed by atoms with Crippen molar-refractivity contribution in [3.8, 4) is 27.9 Å². The first-order chi connectivity index (χ1) is 19.3. The normalized spacial score (nSPS) is 16.4. The third kappa shape index (κ3) is 2.46. The molecule has 2 aliphatic rings. The topological polar surface area (TPSA) is 4.93 Å². The second kappa shape index (κ2) is 7.36. The van der Waals surface area contributed by atoms with Gasteiger partial charge in [-0.25, -0.2) is 0 Å². The Labute approximate surface area is 227 Å². The molecule has 1 heteroatoms. The fourth-order valence-corrected chi connectivity index (χ4v) is 7.63. The summed E-state index contributed by atoms with van der Waals surface area (Å²) < 4.78 is 2.51. The zero-order valence-corrected chi connectivity index (χ0v) is 21.6. The molecule has 1 aliphatic heterocycles. The molecule has 1 unspecified atom stereocenters. The predicted molar refractivity (Wildman–Crippen MR) is 162 cm³/mol. The van der Waals surface area contributed by atoms with Crippen LogP contribution in [0.2, 0.25) is 0 Å². The van der Waals surface area contributed by atoms with Crippen LogP contribution in [0.4, 0.5) is 0 Å². The molecule has 2 heterocycles. The van der Waals surface area contributed by atoms with E-state index in [2.05, 4.69) is 145 Å². The van der Waals surface area contributed by atoms with Gasteiger partial charge in [-0.15, -0.1) is 0 Å². The molecule has 1 aliphatic carbocycles. The minimum absolute atomic E-state index is 0.398. The largest absolute Gasteiger partial charge is 0.309 e. The van der Waals surface area contributed by atoms with Crippen LogP contribution in [0.25, 0.3) is 49.7 Å². The monoisotopic (exact) mass is 495 g/mol. The van der Waals surface area contributed by atoms with Crippen LogP contribution in [0.3, 0.4) is 0 Å². The average Bonchev–Trinajstić information content (AvgIpc) is 3.48. The van der Waals surface area contributed by atoms with Crippen molar-refractivity contribution in [3.63, 3.8) is 0 Å². The summed E-state index contributed by atoms with van der Waals surface area (Å²) in [6.07, 6.45) is 0. The summed E-state index contributed by atoms with van der Waals surface area (Å²) in [6.45, 7) is 2.21. The first-order valence-electron chi connectivity index (χ1n) is 13.7. The van der Waals surface area contributed by atoms with Crippen molar-refractivity contribution >= 4 is 21.8 Å². The third-order valence-electron chi connectivity index (χ3n) is 9.15. The van der Waals surface area contributed by atoms with Crippen molar-refractivity contribution in [2.75, 3.05) is 0 Å². The number of para-hydroxylation sites is 3. The molecule has 0 bridgehead atoms. The van der Waals surface area contributed by atoms with Crippen LogP contribution in [0.5, 0.6) is 0 Å². The molecule has 1 nitrogen and oxygen atoms in total. The van der Waals surface area contributed by atoms with Gasteiger partial charge in [0.15, 0.2) is 0 Å². The summed E-state index contributed by atoms with van der Waals surface area (Å²) in [4.78, 5) is 0. The van der Waals surface area contributed by atoms with Crippen LogP contribution in [-0.4, -0.2) is 4.57 Å². The Morgan fingerprint density at radius 3 is 2.05 bits per heavy atom. The molecule has 1 spiro atoms. The van der Waals surface area contributed by atoms with Gasteiger partial charge in [-0.2, -0.15) is 0 Å². The molecule has 0 radical (unpaired) electrons. The lowest BCUT2D eigenvalue weighted by Crippen LogP contribution is -2.33. The lowest BCUT2D eigenvalue weighted by atomic mass is 9.65. The van der Waals surface area contributed by atoms with Gasteiger partial charge >= 0.3 is 0 Å². The van der Waals surface area contributed by atoms with E-state index in [0.717, 1.165) is 0 Å². The highest BCUT2D eigenvalue weighted by molar-refractivity contribution is 6.12. The third-order valence-corrected chi connectivity index (χ3v) is 9.15. The first kappa shape index (κ1) is 21.1. The Balaban J connectivity index is 1.51. The second-order valence-corrected chi connectivity index (χ2v) is 10.9. The fraction of sp³-hybridized carbons (Fsp3) is 0.0526. The quantitative estimate of drug-likeness (QED) is 0.214. The molecule has 9 rings (SSSR count). The predicted octanol–water partition coefficient (Wildman–Crippen LogP) is 9.44. The van der Waals surface area contributed by atoms with Gasteiger partial charge in [0.05, 0.1) is 22.1 Å². The van der Waals surface area contributed by atoms with Gasteiger partial charge in [0.1, 0.15) is 0 Å². The van der Waals surface area contributed by atoms with E-state index < -0.39 is 5.41 Å². The van der Waals surface area contributed by atoms with Crippen molar-refractivity contribution < 1.29 is 0 Å². The first-order valence-corrected chi connectivity index (χ1v) is 13.7. The molecule has 182 valence electrons. The number of hydrogen-bond donors (Lipinski definition) is 0. The maximum atomic E-state index is 2.51. The van der Waals surface area contributed by atoms with Gasteiger partial charge in [-0.3, -0.25) is 0 Å². The number of hydrogen-bond acceptors (Lipinski definition) is 0. The van der Waals surface area contributed by atoms with E-state index in [-0.39, 0.29) is 0 Å². The number of rotatable bonds is 1. The van der Waals surface area contributed by atoms with Crippen LogP contribution in [0.1, 0.15) is 27.8 Å². The average molecular weight is 496 g/mol. The van der Waals surface area contributed by atoms with E-state index in [4.69, 9.17) is 0 Å². The van der Waals surface area contributed by atoms with E-state index in [0.29, 0.717) is 0 Å². The highest BCUT2D eigenvalue weighted by Gasteiger charge is 2.50. The summed E-state index contributed by atoms with van der Waals surface area (Å²) in [5.74, 6) is 0. The van der Waals surface area contributed by atoms with Crippen molar-refractivity contribution in [2.45, 2.75) is 12.3 Å². The molecule has 0 saturated carbocycles. The summed E-state index contributed by atoms with van der Waals surface area (Å²) in [5.41, 5.74) is 15.5. The van der Waals surface area contributed by atoms with Crippen molar-refractivity contribution in [1.82, 2.24) is 4.57 Å². The summed E-state index contributed by atoms with van der Waals surface area (Å²) in [5, 5.41) is 2.62. The van der Waals surface area contributed by atoms with Crippen LogP contribution in [0, 0.1) is 6.92 Å². The van der Waals surface area contributed by atoms with Gasteiger partial charge in [-0.05, 0) is 75.2 Å². The van der Waals surface area contributed by atoms with E-state index in [1.165, 1.54) is 77.6 Å². The zero-order chi connectivity index (χ0) is 25.7. The Kier molecular flexibility index (Phi) is 3.98. The van der Waals surface area contributed by atoms with E-state index >= 15 is 0 Å². The Morgan fingerprint density at radius 2 is 1.15 bits per heavy atom. The molecule has 0 amide bonds. The number of aryl methyl sites for hydroxylation is 1. The summed E-state index contributed by atoms with van der Waals surface area (Å²) in [6, 6.07) is 49.8. The van der Waals surface area contributed by atoms with E-state index in [1.54, 1.807) is 0 Å². The fourth-order valence-electron chi connectivity index (χ4n) is 7.63. The lowest BCUT2D eigenvalue weighted by molar-refractivity contribution is 0.749. The van der Waals surface area contributed by atoms with Gasteiger partial charge < -0.3 is 4.57 Å². The number of aromatic nitrogens is 1. The van der Waals surface area contributed by atoms with Crippen molar-refractivity contribution in [2.24, 2.45) is 0 Å². The molecule has 1 atom stereocenters. The SMILES string of the molecule is Cc1ccccc1-c1ccc2c(c1)C1(c3ccccc3-2)c2ccccc2-n2c3ccccc3c3cccc1c32. The maximum Gasteiger partial charge on any atom is 0.0754 e. The molecule has 0 fully saturated rings. The van der Waals surface area contributed by atoms with Gasteiger partial charge in [0, 0.05) is 10.8 Å². The molecule has 7 aromatic rings. The van der Waals surface area contributed by atoms with Crippen molar-refractivity contribution in [1.29, 1.82) is 0 Å².